The molecule has 0 aromatic heterocycles. The molecular weight excluding hydrogens is 168 g/mol. The van der Waals surface area contributed by atoms with Crippen LogP contribution in [-0.4, -0.2) is 35.6 Å². The van der Waals surface area contributed by atoms with E-state index in [9.17, 15) is 5.11 Å². The van der Waals surface area contributed by atoms with Crippen molar-refractivity contribution in [3.63, 3.8) is 0 Å². The Morgan fingerprint density at radius 1 is 1.46 bits per heavy atom. The summed E-state index contributed by atoms with van der Waals surface area (Å²) in [4.78, 5) is 0. The van der Waals surface area contributed by atoms with Gasteiger partial charge in [0.15, 0.2) is 0 Å². The van der Waals surface area contributed by atoms with Crippen molar-refractivity contribution in [1.82, 2.24) is 0 Å². The van der Waals surface area contributed by atoms with Gasteiger partial charge in [0, 0.05) is 13.7 Å². The van der Waals surface area contributed by atoms with E-state index in [1.165, 1.54) is 0 Å². The monoisotopic (exact) mass is 188 g/mol. The van der Waals surface area contributed by atoms with Crippen molar-refractivity contribution < 1.29 is 14.9 Å². The molecule has 0 amide bonds. The fourth-order valence-corrected chi connectivity index (χ4v) is 2.20. The van der Waals surface area contributed by atoms with Gasteiger partial charge >= 0.3 is 0 Å². The Kier molecular flexibility index (Phi) is 4.16. The van der Waals surface area contributed by atoms with Crippen LogP contribution in [0.2, 0.25) is 0 Å². The van der Waals surface area contributed by atoms with E-state index < -0.39 is 5.60 Å². The zero-order valence-corrected chi connectivity index (χ0v) is 8.33. The van der Waals surface area contributed by atoms with E-state index in [4.69, 9.17) is 9.84 Å². The van der Waals surface area contributed by atoms with Gasteiger partial charge in [-0.2, -0.15) is 0 Å². The van der Waals surface area contributed by atoms with Crippen LogP contribution in [0.4, 0.5) is 0 Å². The molecule has 3 heteroatoms. The number of ether oxygens (including phenoxy) is 1. The van der Waals surface area contributed by atoms with Crippen molar-refractivity contribution in [2.24, 2.45) is 0 Å². The largest absolute Gasteiger partial charge is 0.396 e. The lowest BCUT2D eigenvalue weighted by Gasteiger charge is -2.39. The number of rotatable bonds is 4. The molecule has 0 heterocycles. The van der Waals surface area contributed by atoms with Crippen LogP contribution in [0.5, 0.6) is 0 Å². The van der Waals surface area contributed by atoms with Crippen LogP contribution in [0.25, 0.3) is 0 Å². The lowest BCUT2D eigenvalue weighted by atomic mass is 9.79. The SMILES string of the molecule is CO[C@@H]1CCCC[C@@]1(O)CCCO. The van der Waals surface area contributed by atoms with Crippen LogP contribution in [0, 0.1) is 0 Å². The summed E-state index contributed by atoms with van der Waals surface area (Å²) >= 11 is 0. The van der Waals surface area contributed by atoms with Gasteiger partial charge in [0.05, 0.1) is 11.7 Å². The molecule has 0 spiro atoms. The van der Waals surface area contributed by atoms with Gasteiger partial charge in [0.25, 0.3) is 0 Å². The number of hydrogen-bond donors (Lipinski definition) is 2. The molecule has 2 atom stereocenters. The first-order valence-electron chi connectivity index (χ1n) is 5.09. The molecule has 1 rings (SSSR count). The molecule has 0 aliphatic heterocycles. The molecule has 0 radical (unpaired) electrons. The topological polar surface area (TPSA) is 49.7 Å². The third kappa shape index (κ3) is 2.66. The number of aliphatic hydroxyl groups excluding tert-OH is 1. The molecular formula is C10H20O3. The highest BCUT2D eigenvalue weighted by Gasteiger charge is 2.38. The summed E-state index contributed by atoms with van der Waals surface area (Å²) in [5.74, 6) is 0. The van der Waals surface area contributed by atoms with Gasteiger partial charge in [-0.1, -0.05) is 12.8 Å². The van der Waals surface area contributed by atoms with E-state index in [-0.39, 0.29) is 12.7 Å². The van der Waals surface area contributed by atoms with E-state index in [0.29, 0.717) is 12.8 Å². The molecule has 1 aliphatic carbocycles. The average molecular weight is 188 g/mol. The molecule has 1 aliphatic rings. The highest BCUT2D eigenvalue weighted by atomic mass is 16.5. The van der Waals surface area contributed by atoms with Crippen molar-refractivity contribution in [3.05, 3.63) is 0 Å². The van der Waals surface area contributed by atoms with Crippen LogP contribution in [0.1, 0.15) is 38.5 Å². The highest BCUT2D eigenvalue weighted by Crippen LogP contribution is 2.33. The Bertz CT molecular complexity index is 149. The molecule has 0 bridgehead atoms. The Hall–Kier alpha value is -0.120. The second kappa shape index (κ2) is 4.94. The van der Waals surface area contributed by atoms with Gasteiger partial charge < -0.3 is 14.9 Å². The molecule has 0 unspecified atom stereocenters. The first-order valence-corrected chi connectivity index (χ1v) is 5.09. The molecule has 1 fully saturated rings. The summed E-state index contributed by atoms with van der Waals surface area (Å²) in [5, 5.41) is 18.9. The van der Waals surface area contributed by atoms with E-state index in [1.54, 1.807) is 7.11 Å². The third-order valence-electron chi connectivity index (χ3n) is 2.98. The van der Waals surface area contributed by atoms with Gasteiger partial charge in [-0.25, -0.2) is 0 Å². The summed E-state index contributed by atoms with van der Waals surface area (Å²) < 4.78 is 5.27. The van der Waals surface area contributed by atoms with Crippen LogP contribution in [0.15, 0.2) is 0 Å². The molecule has 0 saturated heterocycles. The fraction of sp³-hybridized carbons (Fsp3) is 1.00. The zero-order chi connectivity index (χ0) is 9.73. The van der Waals surface area contributed by atoms with Crippen LogP contribution in [-0.2, 0) is 4.74 Å². The van der Waals surface area contributed by atoms with Crippen molar-refractivity contribution >= 4 is 0 Å². The highest BCUT2D eigenvalue weighted by molar-refractivity contribution is 4.90. The summed E-state index contributed by atoms with van der Waals surface area (Å²) in [6.07, 6.45) is 5.25. The first-order chi connectivity index (χ1) is 6.23. The van der Waals surface area contributed by atoms with Crippen molar-refractivity contribution in [2.45, 2.75) is 50.2 Å². The summed E-state index contributed by atoms with van der Waals surface area (Å²) in [6, 6.07) is 0. The lowest BCUT2D eigenvalue weighted by Crippen LogP contribution is -2.46. The quantitative estimate of drug-likeness (QED) is 0.694. The number of aliphatic hydroxyl groups is 2. The molecule has 13 heavy (non-hydrogen) atoms. The van der Waals surface area contributed by atoms with E-state index >= 15 is 0 Å². The minimum Gasteiger partial charge on any atom is -0.396 e. The predicted molar refractivity (Wildman–Crippen MR) is 50.5 cm³/mol. The fourth-order valence-electron chi connectivity index (χ4n) is 2.20. The maximum absolute atomic E-state index is 10.2. The van der Waals surface area contributed by atoms with Gasteiger partial charge in [-0.15, -0.1) is 0 Å². The standard InChI is InChI=1S/C10H20O3/c1-13-9-5-2-3-6-10(9,12)7-4-8-11/h9,11-12H,2-8H2,1H3/t9-,10-/m1/s1. The van der Waals surface area contributed by atoms with Gasteiger partial charge in [0.1, 0.15) is 0 Å². The van der Waals surface area contributed by atoms with Crippen LogP contribution in [0.3, 0.4) is 0 Å². The molecule has 1 saturated carbocycles. The van der Waals surface area contributed by atoms with Crippen molar-refractivity contribution in [2.75, 3.05) is 13.7 Å². The number of methoxy groups -OCH3 is 1. The molecule has 0 aromatic carbocycles. The Morgan fingerprint density at radius 3 is 2.85 bits per heavy atom. The second-order valence-corrected chi connectivity index (χ2v) is 3.90. The first kappa shape index (κ1) is 11.0. The molecule has 3 nitrogen and oxygen atoms in total. The molecule has 78 valence electrons. The van der Waals surface area contributed by atoms with E-state index in [0.717, 1.165) is 25.7 Å². The van der Waals surface area contributed by atoms with Gasteiger partial charge in [-0.3, -0.25) is 0 Å². The summed E-state index contributed by atoms with van der Waals surface area (Å²) in [5.41, 5.74) is -0.685. The van der Waals surface area contributed by atoms with E-state index in [2.05, 4.69) is 0 Å². The predicted octanol–water partition coefficient (Wildman–Crippen LogP) is 1.08. The van der Waals surface area contributed by atoms with Crippen LogP contribution >= 0.6 is 0 Å². The summed E-state index contributed by atoms with van der Waals surface area (Å²) in [7, 11) is 1.65. The minimum absolute atomic E-state index is 0.0344. The van der Waals surface area contributed by atoms with Crippen molar-refractivity contribution in [3.8, 4) is 0 Å². The zero-order valence-electron chi connectivity index (χ0n) is 8.33. The van der Waals surface area contributed by atoms with Gasteiger partial charge in [0.2, 0.25) is 0 Å². The number of hydrogen-bond acceptors (Lipinski definition) is 3. The Balaban J connectivity index is 2.49. The smallest absolute Gasteiger partial charge is 0.0908 e. The molecule has 0 aromatic rings. The van der Waals surface area contributed by atoms with Crippen LogP contribution < -0.4 is 0 Å². The summed E-state index contributed by atoms with van der Waals surface area (Å²) in [6.45, 7) is 0.152. The Labute approximate surface area is 79.7 Å². The second-order valence-electron chi connectivity index (χ2n) is 3.90. The average Bonchev–Trinajstić information content (AvgIpc) is 2.16. The normalized spacial score (nSPS) is 34.8. The maximum atomic E-state index is 10.2. The minimum atomic E-state index is -0.685. The maximum Gasteiger partial charge on any atom is 0.0908 e. The van der Waals surface area contributed by atoms with Crippen molar-refractivity contribution in [1.29, 1.82) is 0 Å². The third-order valence-corrected chi connectivity index (χ3v) is 2.98. The Morgan fingerprint density at radius 2 is 2.23 bits per heavy atom. The lowest BCUT2D eigenvalue weighted by molar-refractivity contribution is -0.122. The van der Waals surface area contributed by atoms with Gasteiger partial charge in [-0.05, 0) is 25.7 Å². The molecule has 2 N–H and O–H groups in total. The van der Waals surface area contributed by atoms with E-state index in [1.807, 2.05) is 0 Å².